The number of allylic oxidation sites excluding steroid dienone is 1. The Labute approximate surface area is 222 Å². The molecule has 0 aliphatic rings. The molecule has 2 aromatic rings. The molecule has 7 nitrogen and oxygen atoms in total. The standard InChI is InChI=1S/C30H45N3O4/c1-8-33(32)18-26(31)13-16-28(22(3)29(34)37-30(4,5)6)24-12-9-21(2)25(17-24)20-36-19-23-10-14-27(35-7)15-11-23/h9-12,14-15,17-18,22,28H,8,13,16,19-20,31-32H2,1-7H3/b26-18-. The zero-order valence-electron chi connectivity index (χ0n) is 23.5. The molecule has 0 aliphatic carbocycles. The Balaban J connectivity index is 2.22. The Morgan fingerprint density at radius 3 is 2.38 bits per heavy atom. The van der Waals surface area contributed by atoms with Crippen molar-refractivity contribution >= 4 is 5.97 Å². The summed E-state index contributed by atoms with van der Waals surface area (Å²) in [6.45, 7) is 13.3. The number of benzene rings is 2. The van der Waals surface area contributed by atoms with Crippen LogP contribution in [-0.4, -0.2) is 30.2 Å². The first-order valence-electron chi connectivity index (χ1n) is 12.9. The van der Waals surface area contributed by atoms with Crippen LogP contribution in [0.15, 0.2) is 54.4 Å². The van der Waals surface area contributed by atoms with E-state index in [0.717, 1.165) is 28.0 Å². The minimum atomic E-state index is -0.552. The number of ether oxygens (including phenoxy) is 3. The zero-order valence-corrected chi connectivity index (χ0v) is 23.5. The van der Waals surface area contributed by atoms with Crippen molar-refractivity contribution in [3.63, 3.8) is 0 Å². The summed E-state index contributed by atoms with van der Waals surface area (Å²) >= 11 is 0. The number of nitrogens with two attached hydrogens (primary N) is 2. The van der Waals surface area contributed by atoms with E-state index in [1.54, 1.807) is 18.3 Å². The van der Waals surface area contributed by atoms with Gasteiger partial charge in [0.25, 0.3) is 0 Å². The number of carbonyl (C=O) groups is 1. The molecule has 2 aromatic carbocycles. The van der Waals surface area contributed by atoms with E-state index in [4.69, 9.17) is 25.8 Å². The average molecular weight is 512 g/mol. The van der Waals surface area contributed by atoms with Crippen molar-refractivity contribution < 1.29 is 19.0 Å². The Bertz CT molecular complexity index is 1030. The maximum Gasteiger partial charge on any atom is 0.309 e. The molecule has 0 saturated heterocycles. The molecule has 7 heteroatoms. The van der Waals surface area contributed by atoms with Crippen LogP contribution in [0.5, 0.6) is 5.75 Å². The van der Waals surface area contributed by atoms with Crippen LogP contribution in [0.2, 0.25) is 0 Å². The monoisotopic (exact) mass is 511 g/mol. The van der Waals surface area contributed by atoms with Crippen molar-refractivity contribution in [2.75, 3.05) is 13.7 Å². The van der Waals surface area contributed by atoms with Gasteiger partial charge >= 0.3 is 5.97 Å². The second-order valence-corrected chi connectivity index (χ2v) is 10.5. The predicted octanol–water partition coefficient (Wildman–Crippen LogP) is 5.56. The van der Waals surface area contributed by atoms with Gasteiger partial charge in [-0.25, -0.2) is 5.84 Å². The topological polar surface area (TPSA) is 100 Å². The lowest BCUT2D eigenvalue weighted by molar-refractivity contribution is -0.160. The lowest BCUT2D eigenvalue weighted by Gasteiger charge is -2.28. The van der Waals surface area contributed by atoms with Gasteiger partial charge in [-0.1, -0.05) is 37.3 Å². The summed E-state index contributed by atoms with van der Waals surface area (Å²) in [5, 5.41) is 1.56. The minimum Gasteiger partial charge on any atom is -0.497 e. The molecule has 2 rings (SSSR count). The average Bonchev–Trinajstić information content (AvgIpc) is 2.84. The predicted molar refractivity (Wildman–Crippen MR) is 148 cm³/mol. The van der Waals surface area contributed by atoms with Gasteiger partial charge in [0.1, 0.15) is 11.4 Å². The summed E-state index contributed by atoms with van der Waals surface area (Å²) in [6, 6.07) is 14.2. The van der Waals surface area contributed by atoms with E-state index >= 15 is 0 Å². The molecule has 37 heavy (non-hydrogen) atoms. The molecule has 0 heterocycles. The van der Waals surface area contributed by atoms with Crippen LogP contribution in [0.4, 0.5) is 0 Å². The van der Waals surface area contributed by atoms with Crippen molar-refractivity contribution in [3.05, 3.63) is 76.6 Å². The fourth-order valence-electron chi connectivity index (χ4n) is 4.03. The molecule has 0 radical (unpaired) electrons. The van der Waals surface area contributed by atoms with Crippen molar-refractivity contribution in [3.8, 4) is 5.75 Å². The lowest BCUT2D eigenvalue weighted by atomic mass is 9.82. The van der Waals surface area contributed by atoms with Crippen LogP contribution < -0.4 is 16.3 Å². The molecule has 204 valence electrons. The van der Waals surface area contributed by atoms with Crippen LogP contribution in [-0.2, 0) is 27.5 Å². The highest BCUT2D eigenvalue weighted by atomic mass is 16.6. The molecule has 2 atom stereocenters. The second-order valence-electron chi connectivity index (χ2n) is 10.5. The molecular weight excluding hydrogens is 466 g/mol. The summed E-state index contributed by atoms with van der Waals surface area (Å²) < 4.78 is 17.0. The van der Waals surface area contributed by atoms with Gasteiger partial charge in [-0.3, -0.25) is 4.79 Å². The lowest BCUT2D eigenvalue weighted by Crippen LogP contribution is -2.30. The Morgan fingerprint density at radius 1 is 1.11 bits per heavy atom. The Kier molecular flexibility index (Phi) is 11.5. The summed E-state index contributed by atoms with van der Waals surface area (Å²) in [4.78, 5) is 13.0. The van der Waals surface area contributed by atoms with Gasteiger partial charge < -0.3 is 25.0 Å². The van der Waals surface area contributed by atoms with Crippen molar-refractivity contribution in [1.29, 1.82) is 0 Å². The third-order valence-electron chi connectivity index (χ3n) is 6.31. The molecule has 0 spiro atoms. The third-order valence-corrected chi connectivity index (χ3v) is 6.31. The zero-order chi connectivity index (χ0) is 27.6. The summed E-state index contributed by atoms with van der Waals surface area (Å²) in [7, 11) is 1.65. The number of rotatable bonds is 13. The molecule has 2 unspecified atom stereocenters. The van der Waals surface area contributed by atoms with Crippen LogP contribution in [0.1, 0.15) is 75.6 Å². The quantitative estimate of drug-likeness (QED) is 0.206. The number of carbonyl (C=O) groups excluding carboxylic acids is 1. The van der Waals surface area contributed by atoms with Gasteiger partial charge in [0.15, 0.2) is 0 Å². The van der Waals surface area contributed by atoms with Gasteiger partial charge in [-0.15, -0.1) is 0 Å². The first kappa shape index (κ1) is 30.2. The highest BCUT2D eigenvalue weighted by Crippen LogP contribution is 2.33. The van der Waals surface area contributed by atoms with Gasteiger partial charge in [-0.2, -0.15) is 0 Å². The first-order valence-corrected chi connectivity index (χ1v) is 12.9. The number of hydrazine groups is 1. The number of hydrogen-bond acceptors (Lipinski definition) is 7. The van der Waals surface area contributed by atoms with E-state index in [0.29, 0.717) is 38.3 Å². The Hall–Kier alpha value is -3.03. The number of aryl methyl sites for hydroxylation is 1. The number of esters is 1. The van der Waals surface area contributed by atoms with Crippen molar-refractivity contribution in [1.82, 2.24) is 5.01 Å². The highest BCUT2D eigenvalue weighted by Gasteiger charge is 2.30. The van der Waals surface area contributed by atoms with E-state index < -0.39 is 5.60 Å². The largest absolute Gasteiger partial charge is 0.497 e. The SMILES string of the molecule is CCN(N)/C=C(\N)CCC(c1ccc(C)c(COCc2ccc(OC)cc2)c1)C(C)C(=O)OC(C)(C)C. The molecule has 0 bridgehead atoms. The fraction of sp³-hybridized carbons (Fsp3) is 0.500. The van der Waals surface area contributed by atoms with E-state index in [1.807, 2.05) is 58.9 Å². The van der Waals surface area contributed by atoms with Gasteiger partial charge in [-0.05, 0) is 87.8 Å². The smallest absolute Gasteiger partial charge is 0.309 e. The van der Waals surface area contributed by atoms with Gasteiger partial charge in [0.05, 0.1) is 26.2 Å². The van der Waals surface area contributed by atoms with Crippen LogP contribution in [0, 0.1) is 12.8 Å². The van der Waals surface area contributed by atoms with Gasteiger partial charge in [0.2, 0.25) is 0 Å². The van der Waals surface area contributed by atoms with E-state index in [-0.39, 0.29) is 17.8 Å². The van der Waals surface area contributed by atoms with Gasteiger partial charge in [0, 0.05) is 18.4 Å². The second kappa shape index (κ2) is 14.1. The number of hydrogen-bond donors (Lipinski definition) is 2. The molecule has 0 aliphatic heterocycles. The molecule has 0 amide bonds. The highest BCUT2D eigenvalue weighted by molar-refractivity contribution is 5.73. The minimum absolute atomic E-state index is 0.0735. The number of methoxy groups -OCH3 is 1. The molecule has 0 aromatic heterocycles. The summed E-state index contributed by atoms with van der Waals surface area (Å²) in [5.74, 6) is 6.08. The maximum atomic E-state index is 13.0. The molecular formula is C30H45N3O4. The summed E-state index contributed by atoms with van der Waals surface area (Å²) in [5.41, 5.74) is 10.8. The molecule has 0 saturated carbocycles. The molecule has 4 N–H and O–H groups in total. The third kappa shape index (κ3) is 10.1. The van der Waals surface area contributed by atoms with Crippen molar-refractivity contribution in [2.24, 2.45) is 17.5 Å². The van der Waals surface area contributed by atoms with Crippen LogP contribution in [0.25, 0.3) is 0 Å². The van der Waals surface area contributed by atoms with Crippen LogP contribution >= 0.6 is 0 Å². The van der Waals surface area contributed by atoms with E-state index in [9.17, 15) is 4.79 Å². The summed E-state index contributed by atoms with van der Waals surface area (Å²) in [6.07, 6.45) is 3.06. The number of nitrogens with zero attached hydrogens (tertiary/aromatic N) is 1. The van der Waals surface area contributed by atoms with Crippen molar-refractivity contribution in [2.45, 2.75) is 79.1 Å². The van der Waals surface area contributed by atoms with Crippen LogP contribution in [0.3, 0.4) is 0 Å². The normalized spacial score (nSPS) is 13.7. The Morgan fingerprint density at radius 2 is 1.78 bits per heavy atom. The van der Waals surface area contributed by atoms with E-state index in [2.05, 4.69) is 25.1 Å². The fourth-order valence-corrected chi connectivity index (χ4v) is 4.03. The van der Waals surface area contributed by atoms with E-state index in [1.165, 1.54) is 0 Å². The maximum absolute atomic E-state index is 13.0. The first-order chi connectivity index (χ1) is 17.4. The molecule has 0 fully saturated rings.